The van der Waals surface area contributed by atoms with E-state index in [4.69, 9.17) is 5.73 Å². The van der Waals surface area contributed by atoms with Crippen LogP contribution in [0.4, 0.5) is 5.95 Å². The lowest BCUT2D eigenvalue weighted by molar-refractivity contribution is -0.119. The van der Waals surface area contributed by atoms with Crippen LogP contribution < -0.4 is 10.6 Å². The van der Waals surface area contributed by atoms with Crippen LogP contribution in [0.3, 0.4) is 0 Å². The van der Waals surface area contributed by atoms with Crippen molar-refractivity contribution in [1.82, 2.24) is 19.9 Å². The fourth-order valence-electron chi connectivity index (χ4n) is 2.17. The Morgan fingerprint density at radius 3 is 3.24 bits per heavy atom. The van der Waals surface area contributed by atoms with Gasteiger partial charge in [-0.05, 0) is 12.8 Å². The average Bonchev–Trinajstić information content (AvgIpc) is 2.96. The van der Waals surface area contributed by atoms with E-state index < -0.39 is 0 Å². The Hall–Kier alpha value is -2.18. The number of fused-ring (bicyclic) bond motifs is 1. The minimum absolute atomic E-state index is 0.300. The quantitative estimate of drug-likeness (QED) is 0.747. The molecule has 88 valence electrons. The molecular formula is C10H12N6O. The third kappa shape index (κ3) is 1.59. The van der Waals surface area contributed by atoms with Crippen molar-refractivity contribution in [2.24, 2.45) is 5.73 Å². The van der Waals surface area contributed by atoms with Crippen LogP contribution >= 0.6 is 0 Å². The van der Waals surface area contributed by atoms with Gasteiger partial charge in [-0.2, -0.15) is 4.98 Å². The molecule has 7 heteroatoms. The molecule has 1 fully saturated rings. The zero-order valence-corrected chi connectivity index (χ0v) is 9.13. The number of imidazole rings is 1. The molecule has 0 saturated carbocycles. The Morgan fingerprint density at radius 2 is 2.41 bits per heavy atom. The summed E-state index contributed by atoms with van der Waals surface area (Å²) in [6.45, 7) is 0.754. The summed E-state index contributed by atoms with van der Waals surface area (Å²) in [5.41, 5.74) is 6.74. The predicted octanol–water partition coefficient (Wildman–Crippen LogP) is -0.193. The van der Waals surface area contributed by atoms with Gasteiger partial charge in [0, 0.05) is 6.54 Å². The van der Waals surface area contributed by atoms with Gasteiger partial charge in [0.2, 0.25) is 11.9 Å². The number of hydrogen-bond donors (Lipinski definition) is 2. The number of carbonyl (C=O) groups excluding carboxylic acids is 1. The van der Waals surface area contributed by atoms with Gasteiger partial charge in [0.05, 0.1) is 12.5 Å². The number of nitrogens with two attached hydrogens (primary N) is 1. The van der Waals surface area contributed by atoms with Crippen LogP contribution in [0.25, 0.3) is 11.2 Å². The normalized spacial score (nSPS) is 20.0. The maximum atomic E-state index is 11.3. The Bertz CT molecular complexity index is 565. The molecule has 0 spiro atoms. The number of amides is 1. The molecule has 1 unspecified atom stereocenters. The van der Waals surface area contributed by atoms with Crippen molar-refractivity contribution in [2.75, 3.05) is 11.4 Å². The number of nitrogens with zero attached hydrogens (tertiary/aromatic N) is 4. The third-order valence-corrected chi connectivity index (χ3v) is 3.00. The maximum absolute atomic E-state index is 11.3. The number of nitrogens with one attached hydrogen (secondary N) is 1. The molecule has 0 aromatic carbocycles. The summed E-state index contributed by atoms with van der Waals surface area (Å²) in [6, 6.07) is -0.300. The molecule has 3 N–H and O–H groups in total. The van der Waals surface area contributed by atoms with Crippen LogP contribution in [-0.2, 0) is 4.79 Å². The van der Waals surface area contributed by atoms with E-state index in [1.807, 2.05) is 4.90 Å². The monoisotopic (exact) mass is 232 g/mol. The Balaban J connectivity index is 1.99. The summed E-state index contributed by atoms with van der Waals surface area (Å²) >= 11 is 0. The first-order chi connectivity index (χ1) is 8.25. The van der Waals surface area contributed by atoms with Crippen LogP contribution in [0.5, 0.6) is 0 Å². The number of aromatic amines is 1. The summed E-state index contributed by atoms with van der Waals surface area (Å²) in [5.74, 6) is 0.194. The number of rotatable bonds is 2. The first kappa shape index (κ1) is 10.0. The molecule has 3 heterocycles. The number of H-pyrrole nitrogens is 1. The first-order valence-corrected chi connectivity index (χ1v) is 5.48. The maximum Gasteiger partial charge on any atom is 0.240 e. The minimum atomic E-state index is -0.326. The second kappa shape index (κ2) is 3.69. The van der Waals surface area contributed by atoms with Crippen LogP contribution in [0, 0.1) is 0 Å². The van der Waals surface area contributed by atoms with Crippen molar-refractivity contribution in [3.05, 3.63) is 12.5 Å². The number of hydrogen-bond acceptors (Lipinski definition) is 5. The highest BCUT2D eigenvalue weighted by atomic mass is 16.1. The lowest BCUT2D eigenvalue weighted by Crippen LogP contribution is -2.41. The van der Waals surface area contributed by atoms with E-state index in [-0.39, 0.29) is 11.9 Å². The van der Waals surface area contributed by atoms with Crippen molar-refractivity contribution >= 4 is 23.0 Å². The van der Waals surface area contributed by atoms with Gasteiger partial charge >= 0.3 is 0 Å². The van der Waals surface area contributed by atoms with Crippen molar-refractivity contribution in [3.63, 3.8) is 0 Å². The van der Waals surface area contributed by atoms with Gasteiger partial charge in [-0.25, -0.2) is 9.97 Å². The van der Waals surface area contributed by atoms with Gasteiger partial charge < -0.3 is 15.6 Å². The summed E-state index contributed by atoms with van der Waals surface area (Å²) in [5, 5.41) is 0. The molecule has 2 aromatic rings. The molecule has 1 amide bonds. The standard InChI is InChI=1S/C10H12N6O/c11-8(17)7-2-1-3-16(7)10-12-4-6-9(15-10)14-5-13-6/h4-5,7H,1-3H2,(H2,11,17)(H,12,13,14,15). The minimum Gasteiger partial charge on any atom is -0.368 e. The molecule has 0 bridgehead atoms. The first-order valence-electron chi connectivity index (χ1n) is 5.48. The SMILES string of the molecule is NC(=O)C1CCCN1c1ncc2[nH]cnc2n1. The molecule has 0 radical (unpaired) electrons. The molecule has 1 aliphatic rings. The smallest absolute Gasteiger partial charge is 0.240 e. The molecule has 0 aliphatic carbocycles. The van der Waals surface area contributed by atoms with Crippen LogP contribution in [0.2, 0.25) is 0 Å². The number of carbonyl (C=O) groups is 1. The van der Waals surface area contributed by atoms with Gasteiger partial charge in [-0.3, -0.25) is 4.79 Å². The van der Waals surface area contributed by atoms with E-state index in [0.29, 0.717) is 11.6 Å². The second-order valence-electron chi connectivity index (χ2n) is 4.06. The number of primary amides is 1. The van der Waals surface area contributed by atoms with E-state index in [9.17, 15) is 4.79 Å². The zero-order valence-electron chi connectivity index (χ0n) is 9.13. The van der Waals surface area contributed by atoms with Crippen molar-refractivity contribution in [2.45, 2.75) is 18.9 Å². The molecule has 1 atom stereocenters. The Morgan fingerprint density at radius 1 is 1.53 bits per heavy atom. The molecule has 1 saturated heterocycles. The number of aromatic nitrogens is 4. The highest BCUT2D eigenvalue weighted by molar-refractivity contribution is 5.84. The number of anilines is 1. The van der Waals surface area contributed by atoms with Gasteiger partial charge in [-0.15, -0.1) is 0 Å². The fraction of sp³-hybridized carbons (Fsp3) is 0.400. The van der Waals surface area contributed by atoms with Crippen molar-refractivity contribution < 1.29 is 4.79 Å². The van der Waals surface area contributed by atoms with Crippen molar-refractivity contribution in [1.29, 1.82) is 0 Å². The highest BCUT2D eigenvalue weighted by Gasteiger charge is 2.30. The molecule has 3 rings (SSSR count). The van der Waals surface area contributed by atoms with Crippen molar-refractivity contribution in [3.8, 4) is 0 Å². The highest BCUT2D eigenvalue weighted by Crippen LogP contribution is 2.22. The zero-order chi connectivity index (χ0) is 11.8. The topological polar surface area (TPSA) is 101 Å². The van der Waals surface area contributed by atoms with E-state index in [2.05, 4.69) is 19.9 Å². The fourth-order valence-corrected chi connectivity index (χ4v) is 2.17. The van der Waals surface area contributed by atoms with Gasteiger partial charge in [0.1, 0.15) is 11.6 Å². The summed E-state index contributed by atoms with van der Waals surface area (Å²) in [4.78, 5) is 28.7. The van der Waals surface area contributed by atoms with Crippen LogP contribution in [0.15, 0.2) is 12.5 Å². The largest absolute Gasteiger partial charge is 0.368 e. The Kier molecular flexibility index (Phi) is 2.17. The molecular weight excluding hydrogens is 220 g/mol. The van der Waals surface area contributed by atoms with Gasteiger partial charge in [-0.1, -0.05) is 0 Å². The predicted molar refractivity (Wildman–Crippen MR) is 61.2 cm³/mol. The Labute approximate surface area is 97.1 Å². The van der Waals surface area contributed by atoms with Gasteiger partial charge in [0.15, 0.2) is 5.65 Å². The van der Waals surface area contributed by atoms with Crippen LogP contribution in [0.1, 0.15) is 12.8 Å². The summed E-state index contributed by atoms with van der Waals surface area (Å²) in [7, 11) is 0. The lowest BCUT2D eigenvalue weighted by Gasteiger charge is -2.21. The average molecular weight is 232 g/mol. The summed E-state index contributed by atoms with van der Waals surface area (Å²) < 4.78 is 0. The van der Waals surface area contributed by atoms with Crippen LogP contribution in [-0.4, -0.2) is 38.4 Å². The van der Waals surface area contributed by atoms with E-state index in [1.165, 1.54) is 0 Å². The van der Waals surface area contributed by atoms with E-state index >= 15 is 0 Å². The molecule has 1 aliphatic heterocycles. The third-order valence-electron chi connectivity index (χ3n) is 3.00. The summed E-state index contributed by atoms with van der Waals surface area (Å²) in [6.07, 6.45) is 4.92. The van der Waals surface area contributed by atoms with Gasteiger partial charge in [0.25, 0.3) is 0 Å². The van der Waals surface area contributed by atoms with E-state index in [0.717, 1.165) is 24.9 Å². The molecule has 17 heavy (non-hydrogen) atoms. The lowest BCUT2D eigenvalue weighted by atomic mass is 10.2. The van der Waals surface area contributed by atoms with E-state index in [1.54, 1.807) is 12.5 Å². The second-order valence-corrected chi connectivity index (χ2v) is 4.06. The molecule has 7 nitrogen and oxygen atoms in total. The molecule has 2 aromatic heterocycles.